The summed E-state index contributed by atoms with van der Waals surface area (Å²) < 4.78 is 5.93. The summed E-state index contributed by atoms with van der Waals surface area (Å²) in [5.74, 6) is 1.58. The molecule has 0 atom stereocenters. The average Bonchev–Trinajstić information content (AvgIpc) is 2.43. The van der Waals surface area contributed by atoms with Crippen LogP contribution in [0.4, 0.5) is 5.69 Å². The number of aromatic nitrogens is 1. The maximum atomic E-state index is 5.93. The van der Waals surface area contributed by atoms with E-state index in [1.54, 1.807) is 6.20 Å². The second-order valence-corrected chi connectivity index (χ2v) is 4.45. The molecule has 1 aromatic heterocycles. The fraction of sp³-hybridized carbons (Fsp3) is 0.0625. The Morgan fingerprint density at radius 3 is 2.74 bits per heavy atom. The lowest BCUT2D eigenvalue weighted by Crippen LogP contribution is -1.91. The molecule has 0 fully saturated rings. The largest absolute Gasteiger partial charge is 0.457 e. The Morgan fingerprint density at radius 1 is 1.05 bits per heavy atom. The van der Waals surface area contributed by atoms with Crippen molar-refractivity contribution >= 4 is 16.6 Å². The Labute approximate surface area is 111 Å². The standard InChI is InChI=1S/C16H14N2O/c1-11-10-12(6-7-14(11)17)19-16-8-9-18-15-5-3-2-4-13(15)16/h2-10H,17H2,1H3. The van der Waals surface area contributed by atoms with Crippen molar-refractivity contribution in [2.45, 2.75) is 6.92 Å². The molecule has 0 unspecified atom stereocenters. The third-order valence-corrected chi connectivity index (χ3v) is 3.08. The van der Waals surface area contributed by atoms with Crippen LogP contribution in [0.25, 0.3) is 10.9 Å². The molecular weight excluding hydrogens is 236 g/mol. The molecule has 0 aliphatic heterocycles. The van der Waals surface area contributed by atoms with Crippen molar-refractivity contribution in [1.29, 1.82) is 0 Å². The first-order chi connectivity index (χ1) is 9.24. The van der Waals surface area contributed by atoms with Crippen molar-refractivity contribution < 1.29 is 4.74 Å². The lowest BCUT2D eigenvalue weighted by Gasteiger charge is -2.09. The maximum Gasteiger partial charge on any atom is 0.138 e. The van der Waals surface area contributed by atoms with E-state index in [4.69, 9.17) is 10.5 Å². The Hall–Kier alpha value is -2.55. The number of hydrogen-bond acceptors (Lipinski definition) is 3. The Kier molecular flexibility index (Phi) is 2.80. The first-order valence-electron chi connectivity index (χ1n) is 6.12. The van der Waals surface area contributed by atoms with Crippen molar-refractivity contribution in [2.24, 2.45) is 0 Å². The number of anilines is 1. The van der Waals surface area contributed by atoms with E-state index in [0.29, 0.717) is 0 Å². The minimum Gasteiger partial charge on any atom is -0.457 e. The molecule has 0 saturated carbocycles. The number of nitrogens with two attached hydrogens (primary N) is 1. The SMILES string of the molecule is Cc1cc(Oc2ccnc3ccccc23)ccc1N. The predicted molar refractivity (Wildman–Crippen MR) is 77.4 cm³/mol. The van der Waals surface area contributed by atoms with Gasteiger partial charge in [0.25, 0.3) is 0 Å². The highest BCUT2D eigenvalue weighted by atomic mass is 16.5. The number of hydrogen-bond donors (Lipinski definition) is 1. The fourth-order valence-electron chi connectivity index (χ4n) is 2.00. The van der Waals surface area contributed by atoms with Gasteiger partial charge < -0.3 is 10.5 Å². The summed E-state index contributed by atoms with van der Waals surface area (Å²) in [5, 5.41) is 1.000. The summed E-state index contributed by atoms with van der Waals surface area (Å²) in [6.45, 7) is 1.97. The summed E-state index contributed by atoms with van der Waals surface area (Å²) in [4.78, 5) is 4.32. The summed E-state index contributed by atoms with van der Waals surface area (Å²) in [6, 6.07) is 15.4. The van der Waals surface area contributed by atoms with Crippen LogP contribution in [0, 0.1) is 6.92 Å². The Balaban J connectivity index is 2.03. The second kappa shape index (κ2) is 4.61. The molecule has 1 heterocycles. The fourth-order valence-corrected chi connectivity index (χ4v) is 2.00. The molecule has 0 radical (unpaired) electrons. The molecule has 0 aliphatic carbocycles. The van der Waals surface area contributed by atoms with Gasteiger partial charge in [0.2, 0.25) is 0 Å². The zero-order chi connectivity index (χ0) is 13.2. The molecule has 94 valence electrons. The monoisotopic (exact) mass is 250 g/mol. The van der Waals surface area contributed by atoms with E-state index in [2.05, 4.69) is 4.98 Å². The Bertz CT molecular complexity index is 732. The number of nitrogen functional groups attached to an aromatic ring is 1. The first-order valence-corrected chi connectivity index (χ1v) is 6.12. The molecule has 3 rings (SSSR count). The molecule has 2 aromatic carbocycles. The van der Waals surface area contributed by atoms with Crippen molar-refractivity contribution in [3.8, 4) is 11.5 Å². The zero-order valence-corrected chi connectivity index (χ0v) is 10.6. The van der Waals surface area contributed by atoms with Crippen molar-refractivity contribution in [3.63, 3.8) is 0 Å². The molecule has 0 saturated heterocycles. The van der Waals surface area contributed by atoms with Gasteiger partial charge in [0, 0.05) is 17.3 Å². The minimum atomic E-state index is 0.770. The summed E-state index contributed by atoms with van der Waals surface area (Å²) in [6.07, 6.45) is 1.75. The summed E-state index contributed by atoms with van der Waals surface area (Å²) >= 11 is 0. The molecule has 3 aromatic rings. The highest BCUT2D eigenvalue weighted by Crippen LogP contribution is 2.29. The number of pyridine rings is 1. The number of fused-ring (bicyclic) bond motifs is 1. The molecule has 0 amide bonds. The highest BCUT2D eigenvalue weighted by Gasteiger charge is 2.04. The van der Waals surface area contributed by atoms with Crippen LogP contribution in [-0.4, -0.2) is 4.98 Å². The van der Waals surface area contributed by atoms with E-state index in [1.807, 2.05) is 55.5 Å². The lowest BCUT2D eigenvalue weighted by molar-refractivity contribution is 0.487. The molecule has 3 nitrogen and oxygen atoms in total. The average molecular weight is 250 g/mol. The van der Waals surface area contributed by atoms with E-state index in [0.717, 1.165) is 33.7 Å². The summed E-state index contributed by atoms with van der Waals surface area (Å²) in [7, 11) is 0. The van der Waals surface area contributed by atoms with Crippen molar-refractivity contribution in [1.82, 2.24) is 4.98 Å². The summed E-state index contributed by atoms with van der Waals surface area (Å²) in [5.41, 5.74) is 8.51. The minimum absolute atomic E-state index is 0.770. The van der Waals surface area contributed by atoms with Gasteiger partial charge in [-0.05, 0) is 48.9 Å². The smallest absolute Gasteiger partial charge is 0.138 e. The van der Waals surface area contributed by atoms with Crippen molar-refractivity contribution in [2.75, 3.05) is 5.73 Å². The van der Waals surface area contributed by atoms with E-state index < -0.39 is 0 Å². The quantitative estimate of drug-likeness (QED) is 0.701. The van der Waals surface area contributed by atoms with Gasteiger partial charge >= 0.3 is 0 Å². The van der Waals surface area contributed by atoms with Gasteiger partial charge in [0.05, 0.1) is 5.52 Å². The molecule has 0 aliphatic rings. The van der Waals surface area contributed by atoms with E-state index >= 15 is 0 Å². The van der Waals surface area contributed by atoms with Crippen molar-refractivity contribution in [3.05, 3.63) is 60.3 Å². The number of para-hydroxylation sites is 1. The van der Waals surface area contributed by atoms with Crippen LogP contribution in [-0.2, 0) is 0 Å². The number of benzene rings is 2. The van der Waals surface area contributed by atoms with Crippen LogP contribution >= 0.6 is 0 Å². The van der Waals surface area contributed by atoms with Crippen LogP contribution in [0.15, 0.2) is 54.7 Å². The zero-order valence-electron chi connectivity index (χ0n) is 10.6. The molecule has 0 bridgehead atoms. The number of ether oxygens (including phenoxy) is 1. The molecule has 0 spiro atoms. The van der Waals surface area contributed by atoms with Crippen LogP contribution in [0.2, 0.25) is 0 Å². The molecule has 2 N–H and O–H groups in total. The predicted octanol–water partition coefficient (Wildman–Crippen LogP) is 3.92. The second-order valence-electron chi connectivity index (χ2n) is 4.45. The van der Waals surface area contributed by atoms with Crippen LogP contribution in [0.5, 0.6) is 11.5 Å². The van der Waals surface area contributed by atoms with Gasteiger partial charge in [-0.2, -0.15) is 0 Å². The molecular formula is C16H14N2O. The van der Waals surface area contributed by atoms with Gasteiger partial charge in [0.1, 0.15) is 11.5 Å². The van der Waals surface area contributed by atoms with E-state index in [9.17, 15) is 0 Å². The van der Waals surface area contributed by atoms with Gasteiger partial charge in [-0.25, -0.2) is 0 Å². The van der Waals surface area contributed by atoms with Gasteiger partial charge in [-0.15, -0.1) is 0 Å². The topological polar surface area (TPSA) is 48.1 Å². The highest BCUT2D eigenvalue weighted by molar-refractivity contribution is 5.84. The number of aryl methyl sites for hydroxylation is 1. The van der Waals surface area contributed by atoms with Crippen LogP contribution in [0.3, 0.4) is 0 Å². The maximum absolute atomic E-state index is 5.93. The lowest BCUT2D eigenvalue weighted by atomic mass is 10.2. The van der Waals surface area contributed by atoms with Gasteiger partial charge in [-0.3, -0.25) is 4.98 Å². The van der Waals surface area contributed by atoms with Crippen LogP contribution < -0.4 is 10.5 Å². The van der Waals surface area contributed by atoms with Gasteiger partial charge in [-0.1, -0.05) is 12.1 Å². The third kappa shape index (κ3) is 2.22. The first kappa shape index (κ1) is 11.5. The van der Waals surface area contributed by atoms with Gasteiger partial charge in [0.15, 0.2) is 0 Å². The third-order valence-electron chi connectivity index (χ3n) is 3.08. The number of rotatable bonds is 2. The Morgan fingerprint density at radius 2 is 1.89 bits per heavy atom. The van der Waals surface area contributed by atoms with E-state index in [1.165, 1.54) is 0 Å². The normalized spacial score (nSPS) is 10.6. The molecule has 19 heavy (non-hydrogen) atoms. The molecule has 3 heteroatoms. The number of nitrogens with zero attached hydrogens (tertiary/aromatic N) is 1. The van der Waals surface area contributed by atoms with Crippen LogP contribution in [0.1, 0.15) is 5.56 Å². The van der Waals surface area contributed by atoms with E-state index in [-0.39, 0.29) is 0 Å².